The maximum atomic E-state index is 13.2. The van der Waals surface area contributed by atoms with E-state index in [0.717, 1.165) is 5.56 Å². The Hall–Kier alpha value is -3.46. The van der Waals surface area contributed by atoms with Crippen molar-refractivity contribution in [3.05, 3.63) is 64.9 Å². The van der Waals surface area contributed by atoms with Crippen LogP contribution in [0.3, 0.4) is 0 Å². The smallest absolute Gasteiger partial charge is 0.204 e. The molecule has 1 N–H and O–H groups in total. The molecule has 0 fully saturated rings. The summed E-state index contributed by atoms with van der Waals surface area (Å²) in [5.74, 6) is 1.01. The van der Waals surface area contributed by atoms with Gasteiger partial charge < -0.3 is 19.5 Å². The van der Waals surface area contributed by atoms with Gasteiger partial charge in [-0.15, -0.1) is 0 Å². The summed E-state index contributed by atoms with van der Waals surface area (Å²) in [4.78, 5) is 13.2. The third-order valence-electron chi connectivity index (χ3n) is 4.50. The van der Waals surface area contributed by atoms with Gasteiger partial charge in [-0.1, -0.05) is 30.3 Å². The van der Waals surface area contributed by atoms with Crippen molar-refractivity contribution < 1.29 is 19.0 Å². The fourth-order valence-electron chi connectivity index (χ4n) is 2.76. The first-order valence-electron chi connectivity index (χ1n) is 9.28. The quantitative estimate of drug-likeness (QED) is 0.368. The van der Waals surface area contributed by atoms with Crippen LogP contribution < -0.4 is 19.5 Å². The van der Waals surface area contributed by atoms with E-state index in [0.29, 0.717) is 47.0 Å². The Kier molecular flexibility index (Phi) is 8.11. The van der Waals surface area contributed by atoms with E-state index in [1.807, 2.05) is 37.3 Å². The van der Waals surface area contributed by atoms with Crippen LogP contribution in [0.5, 0.6) is 17.2 Å². The lowest BCUT2D eigenvalue weighted by atomic mass is 10.0. The second-order valence-electron chi connectivity index (χ2n) is 6.37. The van der Waals surface area contributed by atoms with Crippen molar-refractivity contribution in [1.29, 1.82) is 5.26 Å². The summed E-state index contributed by atoms with van der Waals surface area (Å²) in [7, 11) is 3.05. The Morgan fingerprint density at radius 2 is 1.76 bits per heavy atom. The van der Waals surface area contributed by atoms with E-state index in [4.69, 9.17) is 19.5 Å². The number of allylic oxidation sites excluding steroid dienone is 2. The molecule has 0 aromatic heterocycles. The third-order valence-corrected chi connectivity index (χ3v) is 4.50. The number of nitrogens with zero attached hydrogens (tertiary/aromatic N) is 1. The van der Waals surface area contributed by atoms with Gasteiger partial charge in [0.15, 0.2) is 17.3 Å². The molecule has 0 saturated heterocycles. The van der Waals surface area contributed by atoms with E-state index in [9.17, 15) is 4.79 Å². The highest BCUT2D eigenvalue weighted by Crippen LogP contribution is 2.41. The lowest BCUT2D eigenvalue weighted by Crippen LogP contribution is -2.17. The molecule has 2 aromatic rings. The summed E-state index contributed by atoms with van der Waals surface area (Å²) in [6.45, 7) is 4.33. The normalized spacial score (nSPS) is 11.1. The lowest BCUT2D eigenvalue weighted by molar-refractivity contribution is 0.102. The molecule has 0 amide bonds. The molecule has 0 aliphatic heterocycles. The Morgan fingerprint density at radius 1 is 1.03 bits per heavy atom. The fraction of sp³-hybridized carbons (Fsp3) is 0.304. The molecule has 6 nitrogen and oxygen atoms in total. The van der Waals surface area contributed by atoms with Crippen molar-refractivity contribution in [2.75, 3.05) is 20.8 Å². The van der Waals surface area contributed by atoms with Gasteiger partial charge in [0, 0.05) is 17.8 Å². The number of carbonyl (C=O) groups excluding carboxylic acids is 1. The van der Waals surface area contributed by atoms with E-state index < -0.39 is 0 Å². The van der Waals surface area contributed by atoms with Crippen molar-refractivity contribution in [1.82, 2.24) is 5.32 Å². The molecular weight excluding hydrogens is 368 g/mol. The number of hydrogen-bond donors (Lipinski definition) is 1. The number of ketones is 1. The molecule has 0 aliphatic rings. The van der Waals surface area contributed by atoms with Crippen molar-refractivity contribution in [2.45, 2.75) is 26.9 Å². The van der Waals surface area contributed by atoms with Gasteiger partial charge in [0.05, 0.1) is 32.3 Å². The zero-order valence-corrected chi connectivity index (χ0v) is 17.2. The molecule has 0 radical (unpaired) electrons. The topological polar surface area (TPSA) is 80.6 Å². The van der Waals surface area contributed by atoms with Gasteiger partial charge in [-0.2, -0.15) is 5.26 Å². The highest BCUT2D eigenvalue weighted by atomic mass is 16.5. The minimum absolute atomic E-state index is 0.184. The van der Waals surface area contributed by atoms with Crippen LogP contribution in [0, 0.1) is 11.3 Å². The Balaban J connectivity index is 2.40. The van der Waals surface area contributed by atoms with Crippen molar-refractivity contribution in [2.24, 2.45) is 0 Å². The third kappa shape index (κ3) is 5.52. The average Bonchev–Trinajstić information content (AvgIpc) is 2.76. The molecule has 0 heterocycles. The molecule has 2 aromatic carbocycles. The maximum absolute atomic E-state index is 13.2. The molecule has 152 valence electrons. The molecule has 0 bridgehead atoms. The number of benzene rings is 2. The standard InChI is InChI=1S/C23H26N2O4/c1-16(17(2)25-14-8-13-24)21(26)19-11-12-20(27-3)23(28-4)22(19)29-15-18-9-6-5-7-10-18/h5-7,9-12,25H,8,14-15H2,1-4H3/b17-16-. The van der Waals surface area contributed by atoms with Crippen LogP contribution in [-0.2, 0) is 6.61 Å². The van der Waals surface area contributed by atoms with Gasteiger partial charge in [0.25, 0.3) is 0 Å². The van der Waals surface area contributed by atoms with Crippen LogP contribution in [0.15, 0.2) is 53.7 Å². The van der Waals surface area contributed by atoms with Crippen LogP contribution in [0.4, 0.5) is 0 Å². The number of nitriles is 1. The average molecular weight is 394 g/mol. The van der Waals surface area contributed by atoms with Crippen LogP contribution >= 0.6 is 0 Å². The van der Waals surface area contributed by atoms with E-state index in [1.165, 1.54) is 14.2 Å². The maximum Gasteiger partial charge on any atom is 0.204 e. The number of carbonyl (C=O) groups is 1. The van der Waals surface area contributed by atoms with Crippen LogP contribution in [0.25, 0.3) is 0 Å². The van der Waals surface area contributed by atoms with Crippen LogP contribution in [0.2, 0.25) is 0 Å². The summed E-state index contributed by atoms with van der Waals surface area (Å²) in [5.41, 5.74) is 2.61. The molecule has 6 heteroatoms. The summed E-state index contributed by atoms with van der Waals surface area (Å²) in [6.07, 6.45) is 0.362. The van der Waals surface area contributed by atoms with E-state index in [-0.39, 0.29) is 12.4 Å². The molecule has 0 unspecified atom stereocenters. The number of ether oxygens (including phenoxy) is 3. The number of Topliss-reactive ketones (excluding diaryl/α,β-unsaturated/α-hetero) is 1. The van der Waals surface area contributed by atoms with Crippen molar-refractivity contribution in [3.8, 4) is 23.3 Å². The first-order valence-corrected chi connectivity index (χ1v) is 9.28. The highest BCUT2D eigenvalue weighted by molar-refractivity contribution is 6.11. The predicted molar refractivity (Wildman–Crippen MR) is 111 cm³/mol. The summed E-state index contributed by atoms with van der Waals surface area (Å²) in [6, 6.07) is 15.1. The van der Waals surface area contributed by atoms with Crippen LogP contribution in [-0.4, -0.2) is 26.5 Å². The number of hydrogen-bond acceptors (Lipinski definition) is 6. The summed E-state index contributed by atoms with van der Waals surface area (Å²) < 4.78 is 16.9. The van der Waals surface area contributed by atoms with Gasteiger partial charge in [-0.05, 0) is 31.5 Å². The van der Waals surface area contributed by atoms with Gasteiger partial charge >= 0.3 is 0 Å². The van der Waals surface area contributed by atoms with E-state index in [1.54, 1.807) is 19.1 Å². The first kappa shape index (κ1) is 21.8. The van der Waals surface area contributed by atoms with E-state index >= 15 is 0 Å². The van der Waals surface area contributed by atoms with Gasteiger partial charge in [-0.3, -0.25) is 4.79 Å². The molecule has 0 aliphatic carbocycles. The second-order valence-corrected chi connectivity index (χ2v) is 6.37. The Morgan fingerprint density at radius 3 is 2.38 bits per heavy atom. The van der Waals surface area contributed by atoms with Crippen molar-refractivity contribution in [3.63, 3.8) is 0 Å². The van der Waals surface area contributed by atoms with Crippen LogP contribution in [0.1, 0.15) is 36.2 Å². The lowest BCUT2D eigenvalue weighted by Gasteiger charge is -2.18. The zero-order valence-electron chi connectivity index (χ0n) is 17.2. The van der Waals surface area contributed by atoms with Crippen molar-refractivity contribution >= 4 is 5.78 Å². The number of methoxy groups -OCH3 is 2. The Labute approximate surface area is 171 Å². The van der Waals surface area contributed by atoms with Gasteiger partial charge in [0.2, 0.25) is 5.75 Å². The number of rotatable bonds is 10. The highest BCUT2D eigenvalue weighted by Gasteiger charge is 2.23. The largest absolute Gasteiger partial charge is 0.493 e. The Bertz CT molecular complexity index is 914. The molecule has 0 saturated carbocycles. The van der Waals surface area contributed by atoms with Gasteiger partial charge in [0.1, 0.15) is 6.61 Å². The molecule has 0 atom stereocenters. The minimum Gasteiger partial charge on any atom is -0.493 e. The molecule has 2 rings (SSSR count). The monoisotopic (exact) mass is 394 g/mol. The molecule has 29 heavy (non-hydrogen) atoms. The second kappa shape index (κ2) is 10.8. The molecule has 0 spiro atoms. The number of nitrogens with one attached hydrogen (secondary N) is 1. The summed E-state index contributed by atoms with van der Waals surface area (Å²) >= 11 is 0. The minimum atomic E-state index is -0.184. The summed E-state index contributed by atoms with van der Waals surface area (Å²) in [5, 5.41) is 11.8. The zero-order chi connectivity index (χ0) is 21.2. The molecular formula is C23H26N2O4. The SMILES string of the molecule is COc1ccc(C(=O)/C(C)=C(/C)NCCC#N)c(OCc2ccccc2)c1OC. The fourth-order valence-corrected chi connectivity index (χ4v) is 2.76. The van der Waals surface area contributed by atoms with E-state index in [2.05, 4.69) is 11.4 Å². The van der Waals surface area contributed by atoms with Gasteiger partial charge in [-0.25, -0.2) is 0 Å². The first-order chi connectivity index (χ1) is 14.0. The predicted octanol–water partition coefficient (Wildman–Crippen LogP) is 4.26.